The number of rotatable bonds is 9. The first-order valence-electron chi connectivity index (χ1n) is 7.45. The van der Waals surface area contributed by atoms with Gasteiger partial charge in [-0.15, -0.1) is 0 Å². The summed E-state index contributed by atoms with van der Waals surface area (Å²) in [5.74, 6) is -0.154. The first-order valence-corrected chi connectivity index (χ1v) is 7.45. The van der Waals surface area contributed by atoms with E-state index in [0.29, 0.717) is 6.54 Å². The van der Waals surface area contributed by atoms with Crippen molar-refractivity contribution in [2.75, 3.05) is 24.5 Å². The van der Waals surface area contributed by atoms with Gasteiger partial charge >= 0.3 is 0 Å². The Hall–Kier alpha value is -1.09. The molecular weight excluding hydrogens is 239 g/mol. The monoisotopic (exact) mass is 266 g/mol. The third-order valence-electron chi connectivity index (χ3n) is 3.30. The summed E-state index contributed by atoms with van der Waals surface area (Å²) in [5.41, 5.74) is 7.56. The summed E-state index contributed by atoms with van der Waals surface area (Å²) in [7, 11) is 0. The van der Waals surface area contributed by atoms with Crippen LogP contribution in [-0.2, 0) is 6.42 Å². The minimum atomic E-state index is -0.154. The lowest BCUT2D eigenvalue weighted by Crippen LogP contribution is -2.25. The van der Waals surface area contributed by atoms with E-state index in [9.17, 15) is 4.39 Å². The fraction of sp³-hybridized carbons (Fsp3) is 0.625. The molecule has 0 unspecified atom stereocenters. The minimum Gasteiger partial charge on any atom is -0.371 e. The minimum absolute atomic E-state index is 0.154. The van der Waals surface area contributed by atoms with E-state index < -0.39 is 0 Å². The van der Waals surface area contributed by atoms with Gasteiger partial charge in [0.15, 0.2) is 0 Å². The highest BCUT2D eigenvalue weighted by Gasteiger charge is 2.08. The normalized spacial score (nSPS) is 10.7. The lowest BCUT2D eigenvalue weighted by molar-refractivity contribution is 0.621. The Morgan fingerprint density at radius 1 is 1.05 bits per heavy atom. The number of benzene rings is 1. The molecule has 0 aliphatic carbocycles. The third kappa shape index (κ3) is 5.60. The van der Waals surface area contributed by atoms with Crippen molar-refractivity contribution in [1.82, 2.24) is 0 Å². The molecule has 3 heteroatoms. The highest BCUT2D eigenvalue weighted by molar-refractivity contribution is 5.49. The second kappa shape index (κ2) is 8.92. The van der Waals surface area contributed by atoms with Gasteiger partial charge in [0.2, 0.25) is 0 Å². The van der Waals surface area contributed by atoms with E-state index >= 15 is 0 Å². The van der Waals surface area contributed by atoms with Crippen LogP contribution in [0.3, 0.4) is 0 Å². The van der Waals surface area contributed by atoms with Gasteiger partial charge < -0.3 is 10.6 Å². The summed E-state index contributed by atoms with van der Waals surface area (Å²) in [6.45, 7) is 6.93. The van der Waals surface area contributed by atoms with Gasteiger partial charge in [-0.25, -0.2) is 4.39 Å². The molecular formula is C16H27FN2. The maximum absolute atomic E-state index is 13.7. The molecule has 0 heterocycles. The number of hydrogen-bond acceptors (Lipinski definition) is 2. The van der Waals surface area contributed by atoms with E-state index in [2.05, 4.69) is 24.8 Å². The molecule has 0 bridgehead atoms. The van der Waals surface area contributed by atoms with Crippen molar-refractivity contribution < 1.29 is 4.39 Å². The van der Waals surface area contributed by atoms with Gasteiger partial charge in [0.05, 0.1) is 0 Å². The van der Waals surface area contributed by atoms with Crippen molar-refractivity contribution >= 4 is 5.69 Å². The van der Waals surface area contributed by atoms with Crippen LogP contribution in [-0.4, -0.2) is 19.6 Å². The Morgan fingerprint density at radius 2 is 1.68 bits per heavy atom. The maximum atomic E-state index is 13.7. The van der Waals surface area contributed by atoms with Crippen LogP contribution in [0.5, 0.6) is 0 Å². The van der Waals surface area contributed by atoms with Crippen LogP contribution < -0.4 is 10.6 Å². The fourth-order valence-electron chi connectivity index (χ4n) is 2.19. The maximum Gasteiger partial charge on any atom is 0.125 e. The van der Waals surface area contributed by atoms with Crippen molar-refractivity contribution in [2.45, 2.75) is 46.0 Å². The molecule has 0 aliphatic rings. The predicted octanol–water partition coefficient (Wildman–Crippen LogP) is 3.73. The summed E-state index contributed by atoms with van der Waals surface area (Å²) in [4.78, 5) is 2.30. The lowest BCUT2D eigenvalue weighted by Gasteiger charge is -2.25. The van der Waals surface area contributed by atoms with Gasteiger partial charge in [-0.2, -0.15) is 0 Å². The Balaban J connectivity index is 2.85. The SMILES string of the molecule is CCCCN(CCCC)c1cc(F)cc(CCN)c1. The summed E-state index contributed by atoms with van der Waals surface area (Å²) in [6.07, 6.45) is 5.35. The molecule has 0 aromatic heterocycles. The van der Waals surface area contributed by atoms with Crippen LogP contribution in [0.1, 0.15) is 45.1 Å². The molecule has 0 fully saturated rings. The second-order valence-corrected chi connectivity index (χ2v) is 5.05. The first-order chi connectivity index (χ1) is 9.21. The molecule has 1 aromatic rings. The molecule has 0 aliphatic heterocycles. The van der Waals surface area contributed by atoms with Crippen molar-refractivity contribution in [3.8, 4) is 0 Å². The summed E-state index contributed by atoms with van der Waals surface area (Å²) < 4.78 is 13.7. The Bertz CT molecular complexity index is 358. The fourth-order valence-corrected chi connectivity index (χ4v) is 2.19. The average molecular weight is 266 g/mol. The van der Waals surface area contributed by atoms with Crippen LogP contribution in [0.4, 0.5) is 10.1 Å². The molecule has 1 rings (SSSR count). The van der Waals surface area contributed by atoms with E-state index in [1.54, 1.807) is 12.1 Å². The number of anilines is 1. The van der Waals surface area contributed by atoms with Crippen molar-refractivity contribution in [1.29, 1.82) is 0 Å². The smallest absolute Gasteiger partial charge is 0.125 e. The molecule has 0 amide bonds. The topological polar surface area (TPSA) is 29.3 Å². The second-order valence-electron chi connectivity index (χ2n) is 5.05. The van der Waals surface area contributed by atoms with E-state index in [1.165, 1.54) is 0 Å². The summed E-state index contributed by atoms with van der Waals surface area (Å²) in [5, 5.41) is 0. The largest absolute Gasteiger partial charge is 0.371 e. The zero-order valence-corrected chi connectivity index (χ0v) is 12.3. The van der Waals surface area contributed by atoms with E-state index in [0.717, 1.165) is 56.4 Å². The quantitative estimate of drug-likeness (QED) is 0.738. The van der Waals surface area contributed by atoms with Gasteiger partial charge in [-0.3, -0.25) is 0 Å². The first kappa shape index (κ1) is 16.0. The van der Waals surface area contributed by atoms with Gasteiger partial charge in [0, 0.05) is 18.8 Å². The molecule has 0 saturated carbocycles. The molecule has 0 radical (unpaired) electrons. The number of nitrogens with two attached hydrogens (primary N) is 1. The highest BCUT2D eigenvalue weighted by atomic mass is 19.1. The Labute approximate surface area is 116 Å². The Kier molecular flexibility index (Phi) is 7.49. The van der Waals surface area contributed by atoms with Gasteiger partial charge in [-0.05, 0) is 49.6 Å². The van der Waals surface area contributed by atoms with Gasteiger partial charge in [-0.1, -0.05) is 26.7 Å². The zero-order chi connectivity index (χ0) is 14.1. The molecule has 2 nitrogen and oxygen atoms in total. The molecule has 1 aromatic carbocycles. The van der Waals surface area contributed by atoms with E-state index in [1.807, 2.05) is 0 Å². The summed E-state index contributed by atoms with van der Waals surface area (Å²) >= 11 is 0. The molecule has 0 spiro atoms. The third-order valence-corrected chi connectivity index (χ3v) is 3.30. The van der Waals surface area contributed by atoms with Gasteiger partial charge in [0.25, 0.3) is 0 Å². The van der Waals surface area contributed by atoms with Crippen molar-refractivity contribution in [3.05, 3.63) is 29.6 Å². The number of halogens is 1. The van der Waals surface area contributed by atoms with Crippen molar-refractivity contribution in [2.24, 2.45) is 5.73 Å². The van der Waals surface area contributed by atoms with Crippen LogP contribution in [0.2, 0.25) is 0 Å². The zero-order valence-electron chi connectivity index (χ0n) is 12.3. The predicted molar refractivity (Wildman–Crippen MR) is 81.2 cm³/mol. The molecule has 0 saturated heterocycles. The molecule has 108 valence electrons. The molecule has 0 atom stereocenters. The number of unbranched alkanes of at least 4 members (excludes halogenated alkanes) is 2. The average Bonchev–Trinajstić information content (AvgIpc) is 2.38. The summed E-state index contributed by atoms with van der Waals surface area (Å²) in [6, 6.07) is 5.32. The lowest BCUT2D eigenvalue weighted by atomic mass is 10.1. The van der Waals surface area contributed by atoms with E-state index in [4.69, 9.17) is 5.73 Å². The Morgan fingerprint density at radius 3 is 2.21 bits per heavy atom. The van der Waals surface area contributed by atoms with Crippen LogP contribution in [0.25, 0.3) is 0 Å². The number of hydrogen-bond donors (Lipinski definition) is 1. The van der Waals surface area contributed by atoms with Crippen LogP contribution in [0, 0.1) is 5.82 Å². The van der Waals surface area contributed by atoms with Gasteiger partial charge in [0.1, 0.15) is 5.82 Å². The molecule has 2 N–H and O–H groups in total. The standard InChI is InChI=1S/C16H27FN2/c1-3-5-9-19(10-6-4-2)16-12-14(7-8-18)11-15(17)13-16/h11-13H,3-10,18H2,1-2H3. The number of nitrogens with zero attached hydrogens (tertiary/aromatic N) is 1. The van der Waals surface area contributed by atoms with Crippen LogP contribution in [0.15, 0.2) is 18.2 Å². The molecule has 19 heavy (non-hydrogen) atoms. The van der Waals surface area contributed by atoms with E-state index in [-0.39, 0.29) is 5.82 Å². The highest BCUT2D eigenvalue weighted by Crippen LogP contribution is 2.20. The van der Waals surface area contributed by atoms with Crippen molar-refractivity contribution in [3.63, 3.8) is 0 Å². The van der Waals surface area contributed by atoms with Crippen LogP contribution >= 0.6 is 0 Å².